The molecule has 3 rings (SSSR count). The summed E-state index contributed by atoms with van der Waals surface area (Å²) in [5.74, 6) is -0.0186. The summed E-state index contributed by atoms with van der Waals surface area (Å²) in [5, 5.41) is 8.93. The third-order valence-electron chi connectivity index (χ3n) is 4.56. The van der Waals surface area contributed by atoms with Gasteiger partial charge in [0.25, 0.3) is 0 Å². The van der Waals surface area contributed by atoms with E-state index in [2.05, 4.69) is 11.0 Å². The van der Waals surface area contributed by atoms with E-state index in [1.165, 1.54) is 6.42 Å². The molecule has 0 bridgehead atoms. The summed E-state index contributed by atoms with van der Waals surface area (Å²) >= 11 is 0. The second kappa shape index (κ2) is 6.37. The Kier molecular flexibility index (Phi) is 4.48. The molecule has 0 amide bonds. The molecule has 0 saturated carbocycles. The average molecular weight is 319 g/mol. The molecule has 2 aliphatic heterocycles. The van der Waals surface area contributed by atoms with Crippen LogP contribution in [0.3, 0.4) is 0 Å². The maximum atomic E-state index is 12.7. The Morgan fingerprint density at radius 1 is 1.23 bits per heavy atom. The van der Waals surface area contributed by atoms with Crippen LogP contribution in [-0.4, -0.2) is 49.8 Å². The van der Waals surface area contributed by atoms with E-state index >= 15 is 0 Å². The van der Waals surface area contributed by atoms with Crippen LogP contribution < -0.4 is 0 Å². The van der Waals surface area contributed by atoms with Crippen molar-refractivity contribution in [3.05, 3.63) is 35.4 Å². The van der Waals surface area contributed by atoms with Crippen LogP contribution in [-0.2, 0) is 15.8 Å². The predicted molar refractivity (Wildman–Crippen MR) is 84.6 cm³/mol. The molecule has 118 valence electrons. The van der Waals surface area contributed by atoms with E-state index in [1.54, 1.807) is 28.6 Å². The lowest BCUT2D eigenvalue weighted by Crippen LogP contribution is -2.40. The normalized spacial score (nSPS) is 23.7. The van der Waals surface area contributed by atoms with Gasteiger partial charge in [-0.15, -0.1) is 0 Å². The van der Waals surface area contributed by atoms with E-state index < -0.39 is 10.0 Å². The maximum absolute atomic E-state index is 12.7. The molecule has 5 nitrogen and oxygen atoms in total. The quantitative estimate of drug-likeness (QED) is 0.848. The number of hydrogen-bond donors (Lipinski definition) is 0. The molecule has 1 aromatic rings. The third kappa shape index (κ3) is 3.32. The van der Waals surface area contributed by atoms with E-state index in [4.69, 9.17) is 5.26 Å². The van der Waals surface area contributed by atoms with Crippen LogP contribution in [0, 0.1) is 11.3 Å². The molecule has 2 fully saturated rings. The minimum atomic E-state index is -3.33. The minimum absolute atomic E-state index is 0.0186. The van der Waals surface area contributed by atoms with E-state index in [9.17, 15) is 8.42 Å². The van der Waals surface area contributed by atoms with Crippen LogP contribution in [0.1, 0.15) is 30.4 Å². The maximum Gasteiger partial charge on any atom is 0.218 e. The summed E-state index contributed by atoms with van der Waals surface area (Å²) in [6.07, 6.45) is 3.16. The highest BCUT2D eigenvalue weighted by atomic mass is 32.2. The van der Waals surface area contributed by atoms with E-state index in [1.807, 2.05) is 0 Å². The minimum Gasteiger partial charge on any atom is -0.299 e. The summed E-state index contributed by atoms with van der Waals surface area (Å²) in [5.41, 5.74) is 1.19. The molecule has 22 heavy (non-hydrogen) atoms. The lowest BCUT2D eigenvalue weighted by atomic mass is 10.2. The van der Waals surface area contributed by atoms with Crippen LogP contribution in [0.25, 0.3) is 0 Å². The first-order chi connectivity index (χ1) is 10.6. The number of sulfonamides is 1. The van der Waals surface area contributed by atoms with Crippen molar-refractivity contribution >= 4 is 10.0 Å². The number of nitrogens with zero attached hydrogens (tertiary/aromatic N) is 3. The molecule has 0 spiro atoms. The summed E-state index contributed by atoms with van der Waals surface area (Å²) in [6.45, 7) is 3.32. The van der Waals surface area contributed by atoms with Crippen LogP contribution in [0.15, 0.2) is 24.3 Å². The predicted octanol–water partition coefficient (Wildman–Crippen LogP) is 1.56. The standard InChI is InChI=1S/C16H21N3O2S/c17-11-14-4-1-5-15(10-14)13-22(20,21)19-9-3-8-18-7-2-6-16(18)12-19/h1,4-5,10,16H,2-3,6-9,12-13H2/t16-/m1/s1. The molecule has 0 aromatic heterocycles. The molecular formula is C16H21N3O2S. The van der Waals surface area contributed by atoms with Crippen LogP contribution in [0.5, 0.6) is 0 Å². The van der Waals surface area contributed by atoms with Gasteiger partial charge in [0.05, 0.1) is 17.4 Å². The Hall–Kier alpha value is -1.42. The van der Waals surface area contributed by atoms with Gasteiger partial charge in [0.1, 0.15) is 0 Å². The summed E-state index contributed by atoms with van der Waals surface area (Å²) in [7, 11) is -3.33. The number of hydrogen-bond acceptors (Lipinski definition) is 4. The van der Waals surface area contributed by atoms with Crippen LogP contribution >= 0.6 is 0 Å². The van der Waals surface area contributed by atoms with Gasteiger partial charge in [-0.1, -0.05) is 12.1 Å². The SMILES string of the molecule is N#Cc1cccc(CS(=O)(=O)N2CCCN3CCC[C@@H]3C2)c1. The van der Waals surface area contributed by atoms with E-state index in [0.29, 0.717) is 30.3 Å². The van der Waals surface area contributed by atoms with Crippen molar-refractivity contribution in [2.75, 3.05) is 26.2 Å². The molecule has 2 heterocycles. The summed E-state index contributed by atoms with van der Waals surface area (Å²) in [6, 6.07) is 9.31. The molecule has 0 unspecified atom stereocenters. The Morgan fingerprint density at radius 3 is 2.86 bits per heavy atom. The van der Waals surface area contributed by atoms with Crippen molar-refractivity contribution in [2.45, 2.75) is 31.1 Å². The van der Waals surface area contributed by atoms with E-state index in [-0.39, 0.29) is 5.75 Å². The fraction of sp³-hybridized carbons (Fsp3) is 0.562. The van der Waals surface area contributed by atoms with Gasteiger partial charge in [-0.3, -0.25) is 4.90 Å². The highest BCUT2D eigenvalue weighted by Gasteiger charge is 2.33. The fourth-order valence-electron chi connectivity index (χ4n) is 3.46. The highest BCUT2D eigenvalue weighted by molar-refractivity contribution is 7.88. The first-order valence-corrected chi connectivity index (χ1v) is 9.40. The van der Waals surface area contributed by atoms with Gasteiger partial charge in [0.2, 0.25) is 10.0 Å². The molecule has 2 saturated heterocycles. The molecule has 0 N–H and O–H groups in total. The molecule has 0 radical (unpaired) electrons. The molecule has 1 aromatic carbocycles. The number of rotatable bonds is 3. The van der Waals surface area contributed by atoms with Crippen molar-refractivity contribution < 1.29 is 8.42 Å². The first kappa shape index (κ1) is 15.5. The Morgan fingerprint density at radius 2 is 2.05 bits per heavy atom. The Labute approximate surface area is 132 Å². The van der Waals surface area contributed by atoms with Gasteiger partial charge >= 0.3 is 0 Å². The van der Waals surface area contributed by atoms with Crippen molar-refractivity contribution in [3.63, 3.8) is 0 Å². The Bertz CT molecular complexity index is 681. The zero-order chi connectivity index (χ0) is 15.6. The van der Waals surface area contributed by atoms with Crippen molar-refractivity contribution in [1.29, 1.82) is 5.26 Å². The lowest BCUT2D eigenvalue weighted by Gasteiger charge is -2.25. The largest absolute Gasteiger partial charge is 0.299 e. The smallest absolute Gasteiger partial charge is 0.218 e. The third-order valence-corrected chi connectivity index (χ3v) is 6.38. The second-order valence-corrected chi connectivity index (χ2v) is 8.08. The molecular weight excluding hydrogens is 298 g/mol. The molecule has 6 heteroatoms. The van der Waals surface area contributed by atoms with Gasteiger partial charge in [0, 0.05) is 19.1 Å². The fourth-order valence-corrected chi connectivity index (χ4v) is 5.05. The van der Waals surface area contributed by atoms with Gasteiger partial charge in [0.15, 0.2) is 0 Å². The molecule has 2 aliphatic rings. The second-order valence-electron chi connectivity index (χ2n) is 6.11. The lowest BCUT2D eigenvalue weighted by molar-refractivity contribution is 0.257. The van der Waals surface area contributed by atoms with Gasteiger partial charge in [-0.05, 0) is 50.0 Å². The van der Waals surface area contributed by atoms with Crippen LogP contribution in [0.4, 0.5) is 0 Å². The zero-order valence-electron chi connectivity index (χ0n) is 12.6. The van der Waals surface area contributed by atoms with Gasteiger partial charge < -0.3 is 0 Å². The Balaban J connectivity index is 1.75. The van der Waals surface area contributed by atoms with Crippen molar-refractivity contribution in [3.8, 4) is 6.07 Å². The monoisotopic (exact) mass is 319 g/mol. The molecule has 1 atom stereocenters. The zero-order valence-corrected chi connectivity index (χ0v) is 13.4. The molecule has 0 aliphatic carbocycles. The summed E-state index contributed by atoms with van der Waals surface area (Å²) in [4.78, 5) is 2.42. The van der Waals surface area contributed by atoms with E-state index in [0.717, 1.165) is 25.9 Å². The van der Waals surface area contributed by atoms with Crippen molar-refractivity contribution in [2.24, 2.45) is 0 Å². The van der Waals surface area contributed by atoms with Crippen molar-refractivity contribution in [1.82, 2.24) is 9.21 Å². The van der Waals surface area contributed by atoms with Gasteiger partial charge in [-0.2, -0.15) is 5.26 Å². The first-order valence-electron chi connectivity index (χ1n) is 7.79. The summed E-state index contributed by atoms with van der Waals surface area (Å²) < 4.78 is 27.1. The number of nitriles is 1. The van der Waals surface area contributed by atoms with Gasteiger partial charge in [-0.25, -0.2) is 12.7 Å². The average Bonchev–Trinajstić information content (AvgIpc) is 2.83. The number of benzene rings is 1. The highest BCUT2D eigenvalue weighted by Crippen LogP contribution is 2.24. The topological polar surface area (TPSA) is 64.4 Å². The number of fused-ring (bicyclic) bond motifs is 1. The van der Waals surface area contributed by atoms with Crippen LogP contribution in [0.2, 0.25) is 0 Å².